The van der Waals surface area contributed by atoms with Crippen LogP contribution >= 0.6 is 23.2 Å². The first kappa shape index (κ1) is 10.9. The van der Waals surface area contributed by atoms with Gasteiger partial charge in [-0.05, 0) is 30.0 Å². The third-order valence-corrected chi connectivity index (χ3v) is 3.23. The quantitative estimate of drug-likeness (QED) is 0.655. The van der Waals surface area contributed by atoms with E-state index in [1.54, 1.807) is 0 Å². The van der Waals surface area contributed by atoms with Crippen LogP contribution in [0.1, 0.15) is 31.7 Å². The summed E-state index contributed by atoms with van der Waals surface area (Å²) in [5.74, 6) is 0.366. The van der Waals surface area contributed by atoms with E-state index in [1.807, 2.05) is 18.2 Å². The molecule has 2 heteroatoms. The zero-order valence-electron chi connectivity index (χ0n) is 7.93. The van der Waals surface area contributed by atoms with Gasteiger partial charge in [-0.15, -0.1) is 11.6 Å². The Hall–Kier alpha value is -0.200. The van der Waals surface area contributed by atoms with Gasteiger partial charge in [0.05, 0.1) is 0 Å². The second-order valence-electron chi connectivity index (χ2n) is 3.27. The van der Waals surface area contributed by atoms with Crippen LogP contribution in [0.25, 0.3) is 0 Å². The molecular formula is C11H14Cl2. The number of hydrogen-bond acceptors (Lipinski definition) is 0. The molecule has 0 saturated heterocycles. The minimum absolute atomic E-state index is 0.193. The van der Waals surface area contributed by atoms with Gasteiger partial charge in [0, 0.05) is 10.4 Å². The Bertz CT molecular complexity index is 271. The largest absolute Gasteiger partial charge is 0.122 e. The first-order valence-corrected chi connectivity index (χ1v) is 5.36. The van der Waals surface area contributed by atoms with Crippen LogP contribution < -0.4 is 0 Å². The third-order valence-electron chi connectivity index (χ3n) is 2.31. The highest BCUT2D eigenvalue weighted by molar-refractivity contribution is 6.30. The summed E-state index contributed by atoms with van der Waals surface area (Å²) >= 11 is 12.1. The maximum atomic E-state index is 6.16. The second-order valence-corrected chi connectivity index (χ2v) is 4.26. The predicted octanol–water partition coefficient (Wildman–Crippen LogP) is 4.46. The van der Waals surface area contributed by atoms with Gasteiger partial charge in [-0.3, -0.25) is 0 Å². The van der Waals surface area contributed by atoms with E-state index < -0.39 is 0 Å². The van der Waals surface area contributed by atoms with Gasteiger partial charge >= 0.3 is 0 Å². The summed E-state index contributed by atoms with van der Waals surface area (Å²) in [4.78, 5) is 0. The Labute approximate surface area is 89.9 Å². The summed E-state index contributed by atoms with van der Waals surface area (Å²) in [6, 6.07) is 7.90. The van der Waals surface area contributed by atoms with Crippen LogP contribution in [-0.4, -0.2) is 5.38 Å². The fourth-order valence-electron chi connectivity index (χ4n) is 1.35. The molecule has 0 amide bonds. The average molecular weight is 217 g/mol. The molecule has 13 heavy (non-hydrogen) atoms. The molecule has 0 aliphatic carbocycles. The smallest absolute Gasteiger partial charge is 0.0408 e. The number of rotatable bonds is 3. The highest BCUT2D eigenvalue weighted by Gasteiger charge is 2.14. The molecule has 0 spiro atoms. The Balaban J connectivity index is 2.82. The molecule has 1 aromatic carbocycles. The Morgan fingerprint density at radius 1 is 1.38 bits per heavy atom. The normalized spacial score (nSPS) is 15.4. The van der Waals surface area contributed by atoms with Crippen molar-refractivity contribution in [1.29, 1.82) is 0 Å². The van der Waals surface area contributed by atoms with Gasteiger partial charge in [-0.25, -0.2) is 0 Å². The van der Waals surface area contributed by atoms with Crippen LogP contribution in [0.2, 0.25) is 5.02 Å². The van der Waals surface area contributed by atoms with Gasteiger partial charge in [0.15, 0.2) is 0 Å². The van der Waals surface area contributed by atoms with Crippen molar-refractivity contribution >= 4 is 23.2 Å². The molecule has 2 unspecified atom stereocenters. The minimum atomic E-state index is 0.193. The SMILES string of the molecule is CCC(Cl)C(C)c1cccc(Cl)c1. The topological polar surface area (TPSA) is 0 Å². The first-order chi connectivity index (χ1) is 6.15. The van der Waals surface area contributed by atoms with Gasteiger partial charge in [0.25, 0.3) is 0 Å². The molecule has 0 bridgehead atoms. The molecule has 0 aliphatic rings. The molecule has 0 aromatic heterocycles. The lowest BCUT2D eigenvalue weighted by atomic mass is 9.96. The van der Waals surface area contributed by atoms with Crippen molar-refractivity contribution in [3.63, 3.8) is 0 Å². The highest BCUT2D eigenvalue weighted by Crippen LogP contribution is 2.26. The molecule has 72 valence electrons. The van der Waals surface area contributed by atoms with Crippen LogP contribution in [0.4, 0.5) is 0 Å². The molecule has 1 aromatic rings. The van der Waals surface area contributed by atoms with Gasteiger partial charge in [-0.1, -0.05) is 37.6 Å². The van der Waals surface area contributed by atoms with Crippen molar-refractivity contribution < 1.29 is 0 Å². The van der Waals surface area contributed by atoms with Crippen molar-refractivity contribution in [1.82, 2.24) is 0 Å². The summed E-state index contributed by atoms with van der Waals surface area (Å²) in [7, 11) is 0. The lowest BCUT2D eigenvalue weighted by Crippen LogP contribution is -2.07. The first-order valence-electron chi connectivity index (χ1n) is 4.54. The predicted molar refractivity (Wildman–Crippen MR) is 59.8 cm³/mol. The van der Waals surface area contributed by atoms with E-state index in [9.17, 15) is 0 Å². The minimum Gasteiger partial charge on any atom is -0.122 e. The second kappa shape index (κ2) is 4.88. The Kier molecular flexibility index (Phi) is 4.08. The maximum absolute atomic E-state index is 6.16. The Morgan fingerprint density at radius 2 is 2.08 bits per heavy atom. The van der Waals surface area contributed by atoms with Gasteiger partial charge in [0.2, 0.25) is 0 Å². The molecule has 0 N–H and O–H groups in total. The molecule has 0 fully saturated rings. The van der Waals surface area contributed by atoms with Crippen molar-refractivity contribution in [2.24, 2.45) is 0 Å². The zero-order chi connectivity index (χ0) is 9.84. The lowest BCUT2D eigenvalue weighted by molar-refractivity contribution is 0.675. The fraction of sp³-hybridized carbons (Fsp3) is 0.455. The summed E-state index contributed by atoms with van der Waals surface area (Å²) in [5, 5.41) is 0.975. The molecule has 0 radical (unpaired) electrons. The van der Waals surface area contributed by atoms with E-state index in [0.29, 0.717) is 5.92 Å². The van der Waals surface area contributed by atoms with Crippen LogP contribution in [0.3, 0.4) is 0 Å². The summed E-state index contributed by atoms with van der Waals surface area (Å²) in [5.41, 5.74) is 1.22. The molecule has 1 rings (SSSR count). The number of alkyl halides is 1. The van der Waals surface area contributed by atoms with E-state index in [4.69, 9.17) is 23.2 Å². The van der Waals surface area contributed by atoms with Crippen LogP contribution in [-0.2, 0) is 0 Å². The standard InChI is InChI=1S/C11H14Cl2/c1-3-11(13)8(2)9-5-4-6-10(12)7-9/h4-8,11H,3H2,1-2H3. The van der Waals surface area contributed by atoms with Crippen LogP contribution in [0.5, 0.6) is 0 Å². The molecule has 0 aliphatic heterocycles. The monoisotopic (exact) mass is 216 g/mol. The van der Waals surface area contributed by atoms with Gasteiger partial charge in [0.1, 0.15) is 0 Å². The van der Waals surface area contributed by atoms with Crippen molar-refractivity contribution in [2.45, 2.75) is 31.6 Å². The van der Waals surface area contributed by atoms with Crippen molar-refractivity contribution in [2.75, 3.05) is 0 Å². The number of hydrogen-bond donors (Lipinski definition) is 0. The van der Waals surface area contributed by atoms with E-state index in [1.165, 1.54) is 5.56 Å². The lowest BCUT2D eigenvalue weighted by Gasteiger charge is -2.16. The number of benzene rings is 1. The van der Waals surface area contributed by atoms with E-state index in [-0.39, 0.29) is 5.38 Å². The summed E-state index contributed by atoms with van der Waals surface area (Å²) in [6.07, 6.45) is 0.981. The Morgan fingerprint density at radius 3 is 2.62 bits per heavy atom. The molecular weight excluding hydrogens is 203 g/mol. The van der Waals surface area contributed by atoms with Crippen LogP contribution in [0, 0.1) is 0 Å². The summed E-state index contributed by atoms with van der Waals surface area (Å²) in [6.45, 7) is 4.23. The van der Waals surface area contributed by atoms with Crippen LogP contribution in [0.15, 0.2) is 24.3 Å². The molecule has 0 heterocycles. The fourth-order valence-corrected chi connectivity index (χ4v) is 1.70. The zero-order valence-corrected chi connectivity index (χ0v) is 9.44. The highest BCUT2D eigenvalue weighted by atomic mass is 35.5. The van der Waals surface area contributed by atoms with Crippen molar-refractivity contribution in [3.05, 3.63) is 34.9 Å². The summed E-state index contributed by atoms with van der Waals surface area (Å²) < 4.78 is 0. The average Bonchev–Trinajstić information content (AvgIpc) is 2.15. The number of halogens is 2. The molecule has 2 atom stereocenters. The van der Waals surface area contributed by atoms with Gasteiger partial charge in [-0.2, -0.15) is 0 Å². The molecule has 0 saturated carbocycles. The van der Waals surface area contributed by atoms with Gasteiger partial charge < -0.3 is 0 Å². The maximum Gasteiger partial charge on any atom is 0.0408 e. The van der Waals surface area contributed by atoms with E-state index in [0.717, 1.165) is 11.4 Å². The van der Waals surface area contributed by atoms with E-state index >= 15 is 0 Å². The van der Waals surface area contributed by atoms with Crippen molar-refractivity contribution in [3.8, 4) is 0 Å². The molecule has 0 nitrogen and oxygen atoms in total. The van der Waals surface area contributed by atoms with E-state index in [2.05, 4.69) is 19.9 Å². The third kappa shape index (κ3) is 2.89.